The third-order valence-electron chi connectivity index (χ3n) is 6.21. The summed E-state index contributed by atoms with van der Waals surface area (Å²) >= 11 is 0. The topological polar surface area (TPSA) is 114 Å². The number of oxazole rings is 1. The number of nitrogens with zero attached hydrogens (tertiary/aromatic N) is 6. The molecule has 36 heavy (non-hydrogen) atoms. The van der Waals surface area contributed by atoms with Gasteiger partial charge in [0.2, 0.25) is 5.89 Å². The average Bonchev–Trinajstić information content (AvgIpc) is 3.31. The molecular weight excluding hydrogens is 456 g/mol. The molecule has 1 saturated heterocycles. The quantitative estimate of drug-likeness (QED) is 0.372. The van der Waals surface area contributed by atoms with E-state index >= 15 is 0 Å². The predicted octanol–water partition coefficient (Wildman–Crippen LogP) is 4.47. The van der Waals surface area contributed by atoms with Crippen LogP contribution in [0.3, 0.4) is 0 Å². The lowest BCUT2D eigenvalue weighted by atomic mass is 10.1. The number of aryl methyl sites for hydroxylation is 2. The lowest BCUT2D eigenvalue weighted by Crippen LogP contribution is -2.36. The number of anilines is 4. The Hall–Kier alpha value is -4.31. The van der Waals surface area contributed by atoms with Crippen LogP contribution in [-0.4, -0.2) is 58.3 Å². The van der Waals surface area contributed by atoms with Crippen molar-refractivity contribution in [2.45, 2.75) is 13.8 Å². The van der Waals surface area contributed by atoms with Crippen LogP contribution < -0.4 is 15.5 Å². The second kappa shape index (κ2) is 9.04. The summed E-state index contributed by atoms with van der Waals surface area (Å²) in [6.07, 6.45) is 3.57. The van der Waals surface area contributed by atoms with Gasteiger partial charge in [-0.15, -0.1) is 0 Å². The second-order valence-electron chi connectivity index (χ2n) is 8.72. The molecule has 0 atom stereocenters. The summed E-state index contributed by atoms with van der Waals surface area (Å²) in [6, 6.07) is 9.97. The van der Waals surface area contributed by atoms with E-state index < -0.39 is 0 Å². The maximum absolute atomic E-state index is 6.19. The van der Waals surface area contributed by atoms with Crippen molar-refractivity contribution in [1.29, 1.82) is 0 Å². The molecule has 1 aliphatic rings. The van der Waals surface area contributed by atoms with Gasteiger partial charge < -0.3 is 24.7 Å². The Kier molecular flexibility index (Phi) is 5.57. The zero-order chi connectivity index (χ0) is 24.6. The third-order valence-corrected chi connectivity index (χ3v) is 6.21. The van der Waals surface area contributed by atoms with Gasteiger partial charge in [0.1, 0.15) is 28.8 Å². The van der Waals surface area contributed by atoms with Crippen LogP contribution in [0.15, 0.2) is 47.1 Å². The third kappa shape index (κ3) is 4.16. The number of pyridine rings is 2. The summed E-state index contributed by atoms with van der Waals surface area (Å²) in [5.41, 5.74) is 4.32. The molecule has 10 nitrogen and oxygen atoms in total. The fraction of sp³-hybridized carbons (Fsp3) is 0.269. The molecule has 2 N–H and O–H groups in total. The average molecular weight is 483 g/mol. The van der Waals surface area contributed by atoms with E-state index in [9.17, 15) is 0 Å². The van der Waals surface area contributed by atoms with Crippen molar-refractivity contribution in [3.8, 4) is 11.5 Å². The molecule has 1 aromatic carbocycles. The van der Waals surface area contributed by atoms with Gasteiger partial charge >= 0.3 is 0 Å². The number of hydrogen-bond donors (Lipinski definition) is 2. The van der Waals surface area contributed by atoms with E-state index in [1.165, 1.54) is 0 Å². The summed E-state index contributed by atoms with van der Waals surface area (Å²) in [4.78, 5) is 25.1. The summed E-state index contributed by atoms with van der Waals surface area (Å²) in [5.74, 6) is 3.28. The van der Waals surface area contributed by atoms with Crippen LogP contribution in [0.25, 0.3) is 33.3 Å². The van der Waals surface area contributed by atoms with Crippen LogP contribution in [0.5, 0.6) is 0 Å². The molecule has 5 aromatic rings. The molecule has 6 rings (SSSR count). The number of aromatic nitrogens is 5. The standard InChI is InChI=1S/C26H26N8O2/c1-15-10-24(31-16(2)30-15)33-23-12-18-19(13-28-23)25(27-3)29-14-20(18)26-32-21-11-17(4-5-22(21)36-26)34-6-8-35-9-7-34/h4-5,10-14H,6-9H2,1-3H3,(H,27,29)(H,28,30,31,33). The van der Waals surface area contributed by atoms with Crippen molar-refractivity contribution >= 4 is 45.0 Å². The minimum absolute atomic E-state index is 0.509. The molecule has 0 spiro atoms. The number of fused-ring (bicyclic) bond motifs is 2. The van der Waals surface area contributed by atoms with Crippen molar-refractivity contribution in [3.63, 3.8) is 0 Å². The number of benzene rings is 1. The molecule has 0 saturated carbocycles. The molecule has 5 heterocycles. The van der Waals surface area contributed by atoms with Crippen LogP contribution in [0.2, 0.25) is 0 Å². The first kappa shape index (κ1) is 22.2. The van der Waals surface area contributed by atoms with Crippen molar-refractivity contribution in [2.75, 3.05) is 48.9 Å². The number of hydrogen-bond acceptors (Lipinski definition) is 10. The Balaban J connectivity index is 1.42. The van der Waals surface area contributed by atoms with E-state index in [1.54, 1.807) is 12.4 Å². The zero-order valence-electron chi connectivity index (χ0n) is 20.4. The maximum atomic E-state index is 6.19. The Labute approximate surface area is 207 Å². The maximum Gasteiger partial charge on any atom is 0.229 e. The van der Waals surface area contributed by atoms with Crippen LogP contribution in [0, 0.1) is 13.8 Å². The number of rotatable bonds is 5. The first-order valence-corrected chi connectivity index (χ1v) is 11.9. The number of ether oxygens (including phenoxy) is 1. The van der Waals surface area contributed by atoms with Gasteiger partial charge in [-0.1, -0.05) is 0 Å². The lowest BCUT2D eigenvalue weighted by Gasteiger charge is -2.28. The molecule has 0 radical (unpaired) electrons. The highest BCUT2D eigenvalue weighted by molar-refractivity contribution is 6.01. The highest BCUT2D eigenvalue weighted by atomic mass is 16.5. The molecular formula is C26H26N8O2. The molecule has 0 aliphatic carbocycles. The molecule has 1 aliphatic heterocycles. The van der Waals surface area contributed by atoms with Crippen molar-refractivity contribution < 1.29 is 9.15 Å². The monoisotopic (exact) mass is 482 g/mol. The summed E-state index contributed by atoms with van der Waals surface area (Å²) < 4.78 is 11.7. The minimum Gasteiger partial charge on any atom is -0.436 e. The van der Waals surface area contributed by atoms with Gasteiger partial charge in [-0.05, 0) is 38.1 Å². The second-order valence-corrected chi connectivity index (χ2v) is 8.72. The van der Waals surface area contributed by atoms with Gasteiger partial charge in [-0.2, -0.15) is 0 Å². The van der Waals surface area contributed by atoms with E-state index in [4.69, 9.17) is 14.1 Å². The highest BCUT2D eigenvalue weighted by Crippen LogP contribution is 2.35. The first-order chi connectivity index (χ1) is 17.6. The molecule has 182 valence electrons. The Morgan fingerprint density at radius 3 is 2.56 bits per heavy atom. The number of nitrogens with one attached hydrogen (secondary N) is 2. The molecule has 0 unspecified atom stereocenters. The van der Waals surface area contributed by atoms with Gasteiger partial charge in [0, 0.05) is 60.8 Å². The van der Waals surface area contributed by atoms with Gasteiger partial charge in [-0.3, -0.25) is 0 Å². The van der Waals surface area contributed by atoms with E-state index in [0.29, 0.717) is 23.4 Å². The Bertz CT molecular complexity index is 1560. The fourth-order valence-electron chi connectivity index (χ4n) is 4.53. The summed E-state index contributed by atoms with van der Waals surface area (Å²) in [5, 5.41) is 8.22. The van der Waals surface area contributed by atoms with Crippen LogP contribution >= 0.6 is 0 Å². The molecule has 10 heteroatoms. The minimum atomic E-state index is 0.509. The van der Waals surface area contributed by atoms with E-state index in [1.807, 2.05) is 39.1 Å². The molecule has 1 fully saturated rings. The van der Waals surface area contributed by atoms with Gasteiger partial charge in [0.25, 0.3) is 0 Å². The first-order valence-electron chi connectivity index (χ1n) is 11.9. The molecule has 4 aromatic heterocycles. The zero-order valence-corrected chi connectivity index (χ0v) is 20.4. The van der Waals surface area contributed by atoms with Crippen molar-refractivity contribution in [1.82, 2.24) is 24.9 Å². The van der Waals surface area contributed by atoms with Crippen molar-refractivity contribution in [2.24, 2.45) is 0 Å². The normalized spacial score (nSPS) is 13.9. The predicted molar refractivity (Wildman–Crippen MR) is 140 cm³/mol. The Morgan fingerprint density at radius 2 is 1.75 bits per heavy atom. The van der Waals surface area contributed by atoms with Crippen LogP contribution in [0.4, 0.5) is 23.1 Å². The molecule has 0 bridgehead atoms. The van der Waals surface area contributed by atoms with Gasteiger partial charge in [-0.25, -0.2) is 24.9 Å². The summed E-state index contributed by atoms with van der Waals surface area (Å²) in [7, 11) is 1.84. The highest BCUT2D eigenvalue weighted by Gasteiger charge is 2.18. The van der Waals surface area contributed by atoms with Gasteiger partial charge in [0.05, 0.1) is 18.8 Å². The summed E-state index contributed by atoms with van der Waals surface area (Å²) in [6.45, 7) is 7.00. The van der Waals surface area contributed by atoms with E-state index in [-0.39, 0.29) is 0 Å². The van der Waals surface area contributed by atoms with E-state index in [0.717, 1.165) is 70.9 Å². The largest absolute Gasteiger partial charge is 0.436 e. The van der Waals surface area contributed by atoms with Gasteiger partial charge in [0.15, 0.2) is 5.58 Å². The van der Waals surface area contributed by atoms with Crippen LogP contribution in [-0.2, 0) is 4.74 Å². The smallest absolute Gasteiger partial charge is 0.229 e. The molecule has 0 amide bonds. The van der Waals surface area contributed by atoms with Crippen LogP contribution in [0.1, 0.15) is 11.5 Å². The SMILES string of the molecule is CNc1ncc(-c2nc3cc(N4CCOCC4)ccc3o2)c2cc(Nc3cc(C)nc(C)n3)ncc12. The van der Waals surface area contributed by atoms with E-state index in [2.05, 4.69) is 47.6 Å². The number of morpholine rings is 1. The fourth-order valence-corrected chi connectivity index (χ4v) is 4.53. The lowest BCUT2D eigenvalue weighted by molar-refractivity contribution is 0.122. The van der Waals surface area contributed by atoms with Crippen molar-refractivity contribution in [3.05, 3.63) is 54.2 Å². The Morgan fingerprint density at radius 1 is 0.889 bits per heavy atom.